The zero-order valence-electron chi connectivity index (χ0n) is 9.43. The van der Waals surface area contributed by atoms with E-state index in [1.807, 2.05) is 11.9 Å². The van der Waals surface area contributed by atoms with Crippen LogP contribution >= 0.6 is 0 Å². The third-order valence-corrected chi connectivity index (χ3v) is 2.32. The first-order chi connectivity index (χ1) is 7.72. The van der Waals surface area contributed by atoms with Gasteiger partial charge in [-0.2, -0.15) is 5.26 Å². The minimum Gasteiger partial charge on any atom is -0.383 e. The number of rotatable bonds is 5. The van der Waals surface area contributed by atoms with Crippen molar-refractivity contribution in [2.45, 2.75) is 0 Å². The Hall–Kier alpha value is -1.86. The zero-order chi connectivity index (χ0) is 12.0. The van der Waals surface area contributed by atoms with Gasteiger partial charge < -0.3 is 9.64 Å². The summed E-state index contributed by atoms with van der Waals surface area (Å²) < 4.78 is 4.97. The molecule has 0 aromatic heterocycles. The van der Waals surface area contributed by atoms with E-state index < -0.39 is 0 Å². The van der Waals surface area contributed by atoms with E-state index in [1.165, 1.54) is 0 Å². The lowest BCUT2D eigenvalue weighted by molar-refractivity contribution is 0.112. The van der Waals surface area contributed by atoms with Crippen LogP contribution in [-0.2, 0) is 4.74 Å². The lowest BCUT2D eigenvalue weighted by atomic mass is 10.1. The number of hydrogen-bond donors (Lipinski definition) is 0. The van der Waals surface area contributed by atoms with E-state index in [9.17, 15) is 4.79 Å². The quantitative estimate of drug-likeness (QED) is 0.702. The molecule has 1 aromatic rings. The van der Waals surface area contributed by atoms with Gasteiger partial charge in [0.05, 0.1) is 17.9 Å². The summed E-state index contributed by atoms with van der Waals surface area (Å²) in [6.45, 7) is 1.29. The SMILES string of the molecule is COCCN(C)c1ccc(C=O)cc1C#N. The maximum absolute atomic E-state index is 10.6. The first kappa shape index (κ1) is 12.2. The molecule has 84 valence electrons. The number of benzene rings is 1. The molecule has 0 saturated heterocycles. The summed E-state index contributed by atoms with van der Waals surface area (Å²) in [5.41, 5.74) is 1.83. The second-order valence-corrected chi connectivity index (χ2v) is 3.42. The van der Waals surface area contributed by atoms with E-state index in [-0.39, 0.29) is 0 Å². The third kappa shape index (κ3) is 2.81. The van der Waals surface area contributed by atoms with E-state index in [1.54, 1.807) is 25.3 Å². The molecule has 1 rings (SSSR count). The van der Waals surface area contributed by atoms with Gasteiger partial charge in [-0.1, -0.05) is 0 Å². The van der Waals surface area contributed by atoms with Crippen molar-refractivity contribution in [3.05, 3.63) is 29.3 Å². The lowest BCUT2D eigenvalue weighted by Gasteiger charge is -2.20. The largest absolute Gasteiger partial charge is 0.383 e. The van der Waals surface area contributed by atoms with Crippen molar-refractivity contribution in [2.24, 2.45) is 0 Å². The minimum atomic E-state index is 0.503. The van der Waals surface area contributed by atoms with Crippen molar-refractivity contribution >= 4 is 12.0 Å². The van der Waals surface area contributed by atoms with Gasteiger partial charge in [0.25, 0.3) is 0 Å². The molecule has 4 nitrogen and oxygen atoms in total. The van der Waals surface area contributed by atoms with Gasteiger partial charge in [0.2, 0.25) is 0 Å². The molecular formula is C12H14N2O2. The standard InChI is InChI=1S/C12H14N2O2/c1-14(5-6-16-2)12-4-3-10(9-15)7-11(12)8-13/h3-4,7,9H,5-6H2,1-2H3. The van der Waals surface area contributed by atoms with Crippen molar-refractivity contribution in [1.29, 1.82) is 5.26 Å². The number of anilines is 1. The topological polar surface area (TPSA) is 53.3 Å². The van der Waals surface area contributed by atoms with Crippen LogP contribution in [0.15, 0.2) is 18.2 Å². The highest BCUT2D eigenvalue weighted by Gasteiger charge is 2.07. The molecule has 0 bridgehead atoms. The minimum absolute atomic E-state index is 0.503. The monoisotopic (exact) mass is 218 g/mol. The summed E-state index contributed by atoms with van der Waals surface area (Å²) in [7, 11) is 3.52. The highest BCUT2D eigenvalue weighted by molar-refractivity contribution is 5.78. The first-order valence-corrected chi connectivity index (χ1v) is 4.92. The smallest absolute Gasteiger partial charge is 0.150 e. The van der Waals surface area contributed by atoms with Crippen LogP contribution in [0.1, 0.15) is 15.9 Å². The van der Waals surface area contributed by atoms with E-state index in [4.69, 9.17) is 10.00 Å². The van der Waals surface area contributed by atoms with E-state index in [2.05, 4.69) is 6.07 Å². The molecule has 0 heterocycles. The Balaban J connectivity index is 2.95. The van der Waals surface area contributed by atoms with Gasteiger partial charge in [-0.25, -0.2) is 0 Å². The first-order valence-electron chi connectivity index (χ1n) is 4.92. The van der Waals surface area contributed by atoms with Gasteiger partial charge in [0, 0.05) is 26.3 Å². The molecule has 0 unspecified atom stereocenters. The summed E-state index contributed by atoms with van der Waals surface area (Å²) in [5, 5.41) is 8.99. The second kappa shape index (κ2) is 5.89. The molecule has 0 spiro atoms. The summed E-state index contributed by atoms with van der Waals surface area (Å²) in [6, 6.07) is 7.15. The molecule has 0 N–H and O–H groups in total. The average Bonchev–Trinajstić information content (AvgIpc) is 2.34. The summed E-state index contributed by atoms with van der Waals surface area (Å²) in [4.78, 5) is 12.5. The Morgan fingerprint density at radius 3 is 2.88 bits per heavy atom. The van der Waals surface area contributed by atoms with Gasteiger partial charge in [0.15, 0.2) is 0 Å². The molecule has 0 fully saturated rings. The van der Waals surface area contributed by atoms with Gasteiger partial charge in [-0.05, 0) is 18.2 Å². The second-order valence-electron chi connectivity index (χ2n) is 3.42. The van der Waals surface area contributed by atoms with Gasteiger partial charge in [0.1, 0.15) is 12.4 Å². The Morgan fingerprint density at radius 1 is 1.56 bits per heavy atom. The molecule has 0 aliphatic rings. The molecule has 0 aliphatic heterocycles. The van der Waals surface area contributed by atoms with Crippen molar-refractivity contribution < 1.29 is 9.53 Å². The van der Waals surface area contributed by atoms with Gasteiger partial charge >= 0.3 is 0 Å². The van der Waals surface area contributed by atoms with Crippen LogP contribution < -0.4 is 4.90 Å². The molecular weight excluding hydrogens is 204 g/mol. The lowest BCUT2D eigenvalue weighted by Crippen LogP contribution is -2.22. The van der Waals surface area contributed by atoms with Crippen molar-refractivity contribution in [3.8, 4) is 6.07 Å². The predicted molar refractivity (Wildman–Crippen MR) is 61.7 cm³/mol. The van der Waals surface area contributed by atoms with Crippen LogP contribution in [0, 0.1) is 11.3 Å². The fourth-order valence-electron chi connectivity index (χ4n) is 1.40. The molecule has 0 aliphatic carbocycles. The average molecular weight is 218 g/mol. The Labute approximate surface area is 95.0 Å². The maximum Gasteiger partial charge on any atom is 0.150 e. The molecule has 16 heavy (non-hydrogen) atoms. The number of carbonyl (C=O) groups excluding carboxylic acids is 1. The van der Waals surface area contributed by atoms with E-state index in [0.717, 1.165) is 12.0 Å². The molecule has 0 saturated carbocycles. The number of likely N-dealkylation sites (N-methyl/N-ethyl adjacent to an activating group) is 1. The fourth-order valence-corrected chi connectivity index (χ4v) is 1.40. The van der Waals surface area contributed by atoms with Crippen LogP contribution in [0.4, 0.5) is 5.69 Å². The van der Waals surface area contributed by atoms with Crippen molar-refractivity contribution in [2.75, 3.05) is 32.2 Å². The van der Waals surface area contributed by atoms with Crippen molar-refractivity contribution in [3.63, 3.8) is 0 Å². The summed E-state index contributed by atoms with van der Waals surface area (Å²) in [6.07, 6.45) is 0.736. The van der Waals surface area contributed by atoms with Crippen LogP contribution in [0.2, 0.25) is 0 Å². The van der Waals surface area contributed by atoms with E-state index in [0.29, 0.717) is 24.3 Å². The predicted octanol–water partition coefficient (Wildman–Crippen LogP) is 1.45. The Bertz CT molecular complexity index is 410. The number of ether oxygens (including phenoxy) is 1. The maximum atomic E-state index is 10.6. The third-order valence-electron chi connectivity index (χ3n) is 2.32. The highest BCUT2D eigenvalue weighted by atomic mass is 16.5. The Kier molecular flexibility index (Phi) is 4.49. The molecule has 0 atom stereocenters. The number of hydrogen-bond acceptors (Lipinski definition) is 4. The number of methoxy groups -OCH3 is 1. The van der Waals surface area contributed by atoms with Crippen LogP contribution in [0.25, 0.3) is 0 Å². The number of nitriles is 1. The summed E-state index contributed by atoms with van der Waals surface area (Å²) >= 11 is 0. The Morgan fingerprint density at radius 2 is 2.31 bits per heavy atom. The van der Waals surface area contributed by atoms with Crippen LogP contribution in [0.5, 0.6) is 0 Å². The molecule has 4 heteroatoms. The fraction of sp³-hybridized carbons (Fsp3) is 0.333. The molecule has 0 radical (unpaired) electrons. The van der Waals surface area contributed by atoms with Crippen LogP contribution in [-0.4, -0.2) is 33.6 Å². The highest BCUT2D eigenvalue weighted by Crippen LogP contribution is 2.19. The number of aldehydes is 1. The van der Waals surface area contributed by atoms with Gasteiger partial charge in [-0.15, -0.1) is 0 Å². The molecule has 0 amide bonds. The number of nitrogens with zero attached hydrogens (tertiary/aromatic N) is 2. The van der Waals surface area contributed by atoms with E-state index >= 15 is 0 Å². The summed E-state index contributed by atoms with van der Waals surface area (Å²) in [5.74, 6) is 0. The van der Waals surface area contributed by atoms with Crippen LogP contribution in [0.3, 0.4) is 0 Å². The van der Waals surface area contributed by atoms with Gasteiger partial charge in [-0.3, -0.25) is 4.79 Å². The van der Waals surface area contributed by atoms with Crippen molar-refractivity contribution in [1.82, 2.24) is 0 Å². The number of carbonyl (C=O) groups is 1. The molecule has 1 aromatic carbocycles. The normalized spacial score (nSPS) is 9.56. The zero-order valence-corrected chi connectivity index (χ0v) is 9.43.